The molecule has 0 aliphatic carbocycles. The van der Waals surface area contributed by atoms with Crippen LogP contribution in [0.15, 0.2) is 54.6 Å². The molecule has 2 aromatic carbocycles. The second-order valence-electron chi connectivity index (χ2n) is 6.95. The minimum atomic E-state index is 0.180. The smallest absolute Gasteiger partial charge is 0.0796 e. The van der Waals surface area contributed by atoms with E-state index in [1.54, 1.807) is 0 Å². The van der Waals surface area contributed by atoms with E-state index in [-0.39, 0.29) is 6.10 Å². The van der Waals surface area contributed by atoms with Crippen LogP contribution in [0.3, 0.4) is 0 Å². The van der Waals surface area contributed by atoms with Crippen molar-refractivity contribution in [2.75, 3.05) is 19.7 Å². The van der Waals surface area contributed by atoms with Crippen LogP contribution in [-0.2, 0) is 17.7 Å². The van der Waals surface area contributed by atoms with Crippen LogP contribution in [0.25, 0.3) is 0 Å². The lowest BCUT2D eigenvalue weighted by atomic mass is 10.1. The van der Waals surface area contributed by atoms with Gasteiger partial charge in [0.05, 0.1) is 12.7 Å². The van der Waals surface area contributed by atoms with Crippen LogP contribution < -0.4 is 0 Å². The summed E-state index contributed by atoms with van der Waals surface area (Å²) in [5, 5.41) is 0. The quantitative estimate of drug-likeness (QED) is 0.722. The zero-order valence-electron chi connectivity index (χ0n) is 14.9. The van der Waals surface area contributed by atoms with E-state index < -0.39 is 0 Å². The second-order valence-corrected chi connectivity index (χ2v) is 6.95. The molecule has 128 valence electrons. The Balaban J connectivity index is 1.43. The molecule has 0 N–H and O–H groups in total. The monoisotopic (exact) mass is 323 g/mol. The molecule has 2 aromatic rings. The summed E-state index contributed by atoms with van der Waals surface area (Å²) in [6.07, 6.45) is 2.52. The van der Waals surface area contributed by atoms with Crippen molar-refractivity contribution in [2.45, 2.75) is 39.3 Å². The summed E-state index contributed by atoms with van der Waals surface area (Å²) in [7, 11) is 0. The Morgan fingerprint density at radius 1 is 1.04 bits per heavy atom. The summed E-state index contributed by atoms with van der Waals surface area (Å²) < 4.78 is 6.16. The topological polar surface area (TPSA) is 12.5 Å². The summed E-state index contributed by atoms with van der Waals surface area (Å²) in [4.78, 5) is 2.55. The molecule has 1 heterocycles. The lowest BCUT2D eigenvalue weighted by Gasteiger charge is -2.18. The molecule has 1 fully saturated rings. The summed E-state index contributed by atoms with van der Waals surface area (Å²) >= 11 is 0. The maximum atomic E-state index is 6.16. The molecule has 1 aliphatic rings. The molecule has 0 aromatic heterocycles. The third-order valence-corrected chi connectivity index (χ3v) is 5.06. The molecule has 1 aliphatic heterocycles. The first-order valence-corrected chi connectivity index (χ1v) is 9.21. The summed E-state index contributed by atoms with van der Waals surface area (Å²) in [5.74, 6) is 0.658. The lowest BCUT2D eigenvalue weighted by molar-refractivity contribution is 0.0410. The van der Waals surface area contributed by atoms with E-state index >= 15 is 0 Å². The van der Waals surface area contributed by atoms with Crippen LogP contribution in [0, 0.1) is 5.92 Å². The van der Waals surface area contributed by atoms with Gasteiger partial charge in [0.25, 0.3) is 0 Å². The number of hydrogen-bond acceptors (Lipinski definition) is 2. The lowest BCUT2D eigenvalue weighted by Crippen LogP contribution is -2.21. The molecular weight excluding hydrogens is 294 g/mol. The Bertz CT molecular complexity index is 608. The molecule has 2 atom stereocenters. The number of likely N-dealkylation sites (tertiary alicyclic amines) is 1. The van der Waals surface area contributed by atoms with E-state index in [1.165, 1.54) is 29.7 Å². The van der Waals surface area contributed by atoms with Crippen LogP contribution in [-0.4, -0.2) is 24.6 Å². The van der Waals surface area contributed by atoms with Crippen LogP contribution in [0.5, 0.6) is 0 Å². The maximum Gasteiger partial charge on any atom is 0.0796 e. The predicted molar refractivity (Wildman–Crippen MR) is 100 cm³/mol. The first kappa shape index (κ1) is 17.2. The molecule has 2 heteroatoms. The number of nitrogens with zero attached hydrogens (tertiary/aromatic N) is 1. The Kier molecular flexibility index (Phi) is 6.06. The summed E-state index contributed by atoms with van der Waals surface area (Å²) in [6.45, 7) is 8.61. The van der Waals surface area contributed by atoms with E-state index in [0.29, 0.717) is 5.92 Å². The highest BCUT2D eigenvalue weighted by Crippen LogP contribution is 2.23. The van der Waals surface area contributed by atoms with Gasteiger partial charge in [-0.15, -0.1) is 0 Å². The number of ether oxygens (including phenoxy) is 1. The minimum Gasteiger partial charge on any atom is -0.373 e. The maximum absolute atomic E-state index is 6.16. The van der Waals surface area contributed by atoms with Crippen molar-refractivity contribution in [3.63, 3.8) is 0 Å². The molecule has 2 unspecified atom stereocenters. The van der Waals surface area contributed by atoms with Crippen LogP contribution in [0.4, 0.5) is 0 Å². The van der Waals surface area contributed by atoms with Crippen molar-refractivity contribution < 1.29 is 4.74 Å². The normalized spacial score (nSPS) is 19.5. The highest BCUT2D eigenvalue weighted by atomic mass is 16.5. The van der Waals surface area contributed by atoms with Gasteiger partial charge in [0, 0.05) is 13.1 Å². The average Bonchev–Trinajstić information content (AvgIpc) is 3.08. The standard InChI is InChI=1S/C22H29NO/c1-3-19-9-11-22(12-10-19)18(2)24-17-21-13-14-23(16-21)15-20-7-5-4-6-8-20/h4-12,18,21H,3,13-17H2,1-2H3. The van der Waals surface area contributed by atoms with Gasteiger partial charge in [-0.3, -0.25) is 4.90 Å². The van der Waals surface area contributed by atoms with Gasteiger partial charge in [0.1, 0.15) is 0 Å². The number of rotatable bonds is 7. The van der Waals surface area contributed by atoms with Gasteiger partial charge in [-0.2, -0.15) is 0 Å². The van der Waals surface area contributed by atoms with Crippen molar-refractivity contribution >= 4 is 0 Å². The number of aryl methyl sites for hydroxylation is 1. The van der Waals surface area contributed by atoms with Gasteiger partial charge in [0.2, 0.25) is 0 Å². The average molecular weight is 323 g/mol. The van der Waals surface area contributed by atoms with E-state index in [1.807, 2.05) is 0 Å². The third kappa shape index (κ3) is 4.68. The van der Waals surface area contributed by atoms with E-state index in [2.05, 4.69) is 73.3 Å². The molecule has 0 bridgehead atoms. The zero-order chi connectivity index (χ0) is 16.8. The van der Waals surface area contributed by atoms with Crippen molar-refractivity contribution in [3.8, 4) is 0 Å². The molecular formula is C22H29NO. The molecule has 1 saturated heterocycles. The van der Waals surface area contributed by atoms with E-state index in [9.17, 15) is 0 Å². The molecule has 0 saturated carbocycles. The van der Waals surface area contributed by atoms with Gasteiger partial charge in [-0.05, 0) is 48.9 Å². The number of hydrogen-bond donors (Lipinski definition) is 0. The van der Waals surface area contributed by atoms with Crippen molar-refractivity contribution in [1.29, 1.82) is 0 Å². The molecule has 24 heavy (non-hydrogen) atoms. The predicted octanol–water partition coefficient (Wildman–Crippen LogP) is 4.85. The Hall–Kier alpha value is -1.64. The SMILES string of the molecule is CCc1ccc(C(C)OCC2CCN(Cc3ccccc3)C2)cc1. The Labute approximate surface area is 146 Å². The fraction of sp³-hybridized carbons (Fsp3) is 0.455. The van der Waals surface area contributed by atoms with Crippen LogP contribution in [0.1, 0.15) is 43.1 Å². The van der Waals surface area contributed by atoms with Crippen LogP contribution in [0.2, 0.25) is 0 Å². The number of benzene rings is 2. The van der Waals surface area contributed by atoms with Gasteiger partial charge < -0.3 is 4.74 Å². The van der Waals surface area contributed by atoms with Crippen molar-refractivity contribution in [3.05, 3.63) is 71.3 Å². The van der Waals surface area contributed by atoms with Gasteiger partial charge in [0.15, 0.2) is 0 Å². The zero-order valence-corrected chi connectivity index (χ0v) is 14.9. The Morgan fingerprint density at radius 2 is 1.79 bits per heavy atom. The molecule has 0 amide bonds. The fourth-order valence-corrected chi connectivity index (χ4v) is 3.44. The van der Waals surface area contributed by atoms with Gasteiger partial charge in [-0.1, -0.05) is 61.5 Å². The molecule has 3 rings (SSSR count). The summed E-state index contributed by atoms with van der Waals surface area (Å²) in [6, 6.07) is 19.6. The largest absolute Gasteiger partial charge is 0.373 e. The van der Waals surface area contributed by atoms with Gasteiger partial charge in [-0.25, -0.2) is 0 Å². The van der Waals surface area contributed by atoms with Crippen molar-refractivity contribution in [1.82, 2.24) is 4.90 Å². The highest BCUT2D eigenvalue weighted by Gasteiger charge is 2.23. The van der Waals surface area contributed by atoms with E-state index in [4.69, 9.17) is 4.74 Å². The van der Waals surface area contributed by atoms with E-state index in [0.717, 1.165) is 26.1 Å². The van der Waals surface area contributed by atoms with Gasteiger partial charge >= 0.3 is 0 Å². The first-order valence-electron chi connectivity index (χ1n) is 9.21. The fourth-order valence-electron chi connectivity index (χ4n) is 3.44. The molecule has 0 radical (unpaired) electrons. The Morgan fingerprint density at radius 3 is 2.50 bits per heavy atom. The third-order valence-electron chi connectivity index (χ3n) is 5.06. The highest BCUT2D eigenvalue weighted by molar-refractivity contribution is 5.23. The molecule has 2 nitrogen and oxygen atoms in total. The summed E-state index contributed by atoms with van der Waals surface area (Å²) in [5.41, 5.74) is 4.08. The first-order chi connectivity index (χ1) is 11.7. The second kappa shape index (κ2) is 8.46. The van der Waals surface area contributed by atoms with Crippen LogP contribution >= 0.6 is 0 Å². The minimum absolute atomic E-state index is 0.180. The molecule has 0 spiro atoms. The van der Waals surface area contributed by atoms with Crippen molar-refractivity contribution in [2.24, 2.45) is 5.92 Å².